The maximum absolute atomic E-state index is 5.00. The van der Waals surface area contributed by atoms with Crippen LogP contribution in [0.15, 0.2) is 24.4 Å². The van der Waals surface area contributed by atoms with E-state index in [4.69, 9.17) is 4.74 Å². The summed E-state index contributed by atoms with van der Waals surface area (Å²) in [7, 11) is 1.60. The zero-order valence-electron chi connectivity index (χ0n) is 9.06. The molecule has 0 unspecified atom stereocenters. The van der Waals surface area contributed by atoms with Crippen molar-refractivity contribution in [3.63, 3.8) is 0 Å². The lowest BCUT2D eigenvalue weighted by molar-refractivity contribution is 0.397. The van der Waals surface area contributed by atoms with Crippen molar-refractivity contribution in [2.45, 2.75) is 13.8 Å². The second kappa shape index (κ2) is 3.73. The number of rotatable bonds is 2. The van der Waals surface area contributed by atoms with Crippen molar-refractivity contribution in [1.82, 2.24) is 14.8 Å². The molecule has 0 fully saturated rings. The highest BCUT2D eigenvalue weighted by atomic mass is 16.5. The van der Waals surface area contributed by atoms with Crippen LogP contribution in [-0.4, -0.2) is 21.9 Å². The number of methoxy groups -OCH3 is 1. The first-order valence-electron chi connectivity index (χ1n) is 4.74. The fraction of sp³-hybridized carbons (Fsp3) is 0.273. The van der Waals surface area contributed by atoms with Crippen LogP contribution in [0, 0.1) is 13.8 Å². The van der Waals surface area contributed by atoms with Gasteiger partial charge in [-0.05, 0) is 26.0 Å². The molecule has 2 aromatic rings. The summed E-state index contributed by atoms with van der Waals surface area (Å²) in [6.45, 7) is 3.99. The monoisotopic (exact) mass is 203 g/mol. The lowest BCUT2D eigenvalue weighted by Gasteiger charge is -2.04. The highest BCUT2D eigenvalue weighted by Crippen LogP contribution is 2.13. The van der Waals surface area contributed by atoms with Gasteiger partial charge >= 0.3 is 0 Å². The van der Waals surface area contributed by atoms with Crippen molar-refractivity contribution in [3.8, 4) is 11.6 Å². The number of hydrogen-bond acceptors (Lipinski definition) is 3. The van der Waals surface area contributed by atoms with Crippen LogP contribution in [0.2, 0.25) is 0 Å². The van der Waals surface area contributed by atoms with Gasteiger partial charge in [-0.3, -0.25) is 0 Å². The molecular formula is C11H13N3O. The minimum absolute atomic E-state index is 0.611. The topological polar surface area (TPSA) is 39.9 Å². The fourth-order valence-corrected chi connectivity index (χ4v) is 1.51. The lowest BCUT2D eigenvalue weighted by Crippen LogP contribution is -1.99. The second-order valence-corrected chi connectivity index (χ2v) is 3.40. The quantitative estimate of drug-likeness (QED) is 0.748. The van der Waals surface area contributed by atoms with Gasteiger partial charge in [-0.15, -0.1) is 0 Å². The van der Waals surface area contributed by atoms with E-state index in [1.807, 2.05) is 36.7 Å². The molecule has 0 saturated carbocycles. The molecule has 0 saturated heterocycles. The van der Waals surface area contributed by atoms with E-state index in [1.165, 1.54) is 0 Å². The lowest BCUT2D eigenvalue weighted by atomic mass is 10.4. The van der Waals surface area contributed by atoms with Gasteiger partial charge in [-0.1, -0.05) is 0 Å². The molecule has 15 heavy (non-hydrogen) atoms. The van der Waals surface area contributed by atoms with E-state index >= 15 is 0 Å². The van der Waals surface area contributed by atoms with Crippen LogP contribution in [0.3, 0.4) is 0 Å². The Morgan fingerprint density at radius 2 is 2.07 bits per heavy atom. The largest absolute Gasteiger partial charge is 0.481 e. The molecule has 2 heterocycles. The summed E-state index contributed by atoms with van der Waals surface area (Å²) in [5, 5.41) is 4.37. The molecule has 2 aromatic heterocycles. The molecule has 0 radical (unpaired) electrons. The summed E-state index contributed by atoms with van der Waals surface area (Å²) in [4.78, 5) is 4.14. The average molecular weight is 203 g/mol. The predicted molar refractivity (Wildman–Crippen MR) is 57.4 cm³/mol. The van der Waals surface area contributed by atoms with Crippen LogP contribution < -0.4 is 4.74 Å². The Bertz CT molecular complexity index is 459. The summed E-state index contributed by atoms with van der Waals surface area (Å²) in [6, 6.07) is 5.79. The Hall–Kier alpha value is -1.84. The van der Waals surface area contributed by atoms with Crippen LogP contribution in [0.5, 0.6) is 5.88 Å². The van der Waals surface area contributed by atoms with Gasteiger partial charge < -0.3 is 4.74 Å². The summed E-state index contributed by atoms with van der Waals surface area (Å²) in [6.07, 6.45) is 1.75. The van der Waals surface area contributed by atoms with E-state index in [9.17, 15) is 0 Å². The van der Waals surface area contributed by atoms with Crippen LogP contribution in [0.1, 0.15) is 11.4 Å². The Morgan fingerprint density at radius 1 is 1.27 bits per heavy atom. The fourth-order valence-electron chi connectivity index (χ4n) is 1.51. The molecule has 0 bridgehead atoms. The minimum atomic E-state index is 0.611. The normalized spacial score (nSPS) is 10.3. The van der Waals surface area contributed by atoms with Crippen LogP contribution >= 0.6 is 0 Å². The summed E-state index contributed by atoms with van der Waals surface area (Å²) < 4.78 is 6.86. The van der Waals surface area contributed by atoms with Gasteiger partial charge in [0.2, 0.25) is 5.88 Å². The van der Waals surface area contributed by atoms with Crippen LogP contribution in [0.4, 0.5) is 0 Å². The van der Waals surface area contributed by atoms with E-state index in [0.717, 1.165) is 17.1 Å². The van der Waals surface area contributed by atoms with Crippen LogP contribution in [-0.2, 0) is 0 Å². The summed E-state index contributed by atoms with van der Waals surface area (Å²) in [5.41, 5.74) is 3.05. The number of aromatic nitrogens is 3. The number of ether oxygens (including phenoxy) is 1. The highest BCUT2D eigenvalue weighted by molar-refractivity contribution is 5.32. The Labute approximate surface area is 88.5 Å². The Balaban J connectivity index is 2.41. The molecular weight excluding hydrogens is 190 g/mol. The molecule has 0 aliphatic carbocycles. The molecule has 0 amide bonds. The molecule has 0 N–H and O–H groups in total. The van der Waals surface area contributed by atoms with Crippen molar-refractivity contribution in [3.05, 3.63) is 35.8 Å². The summed E-state index contributed by atoms with van der Waals surface area (Å²) in [5.74, 6) is 0.611. The molecule has 0 atom stereocenters. The van der Waals surface area contributed by atoms with Gasteiger partial charge in [0.15, 0.2) is 0 Å². The standard InChI is InChI=1S/C11H13N3O/c1-8-6-9(2)14(13-8)10-4-5-11(15-3)12-7-10/h4-7H,1-3H3. The molecule has 0 aromatic carbocycles. The first-order valence-corrected chi connectivity index (χ1v) is 4.74. The molecule has 0 aliphatic rings. The SMILES string of the molecule is COc1ccc(-n2nc(C)cc2C)cn1. The van der Waals surface area contributed by atoms with Gasteiger partial charge in [0, 0.05) is 11.8 Å². The van der Waals surface area contributed by atoms with E-state index in [1.54, 1.807) is 13.3 Å². The Kier molecular flexibility index (Phi) is 2.41. The number of pyridine rings is 1. The van der Waals surface area contributed by atoms with Crippen molar-refractivity contribution < 1.29 is 4.74 Å². The second-order valence-electron chi connectivity index (χ2n) is 3.40. The molecule has 4 heteroatoms. The zero-order chi connectivity index (χ0) is 10.8. The number of hydrogen-bond donors (Lipinski definition) is 0. The Morgan fingerprint density at radius 3 is 2.53 bits per heavy atom. The molecule has 2 rings (SSSR count). The molecule has 0 spiro atoms. The van der Waals surface area contributed by atoms with Gasteiger partial charge in [0.25, 0.3) is 0 Å². The molecule has 78 valence electrons. The van der Waals surface area contributed by atoms with Crippen molar-refractivity contribution in [2.75, 3.05) is 7.11 Å². The highest BCUT2D eigenvalue weighted by Gasteiger charge is 2.03. The van der Waals surface area contributed by atoms with E-state index in [-0.39, 0.29) is 0 Å². The summed E-state index contributed by atoms with van der Waals surface area (Å²) >= 11 is 0. The zero-order valence-corrected chi connectivity index (χ0v) is 9.06. The maximum Gasteiger partial charge on any atom is 0.213 e. The maximum atomic E-state index is 5.00. The van der Waals surface area contributed by atoms with Crippen molar-refractivity contribution in [1.29, 1.82) is 0 Å². The molecule has 4 nitrogen and oxygen atoms in total. The van der Waals surface area contributed by atoms with Gasteiger partial charge in [0.1, 0.15) is 0 Å². The average Bonchev–Trinajstić information content (AvgIpc) is 2.58. The van der Waals surface area contributed by atoms with Crippen molar-refractivity contribution in [2.24, 2.45) is 0 Å². The van der Waals surface area contributed by atoms with E-state index in [2.05, 4.69) is 10.1 Å². The van der Waals surface area contributed by atoms with E-state index in [0.29, 0.717) is 5.88 Å². The number of nitrogens with zero attached hydrogens (tertiary/aromatic N) is 3. The van der Waals surface area contributed by atoms with Crippen molar-refractivity contribution >= 4 is 0 Å². The number of aryl methyl sites for hydroxylation is 2. The van der Waals surface area contributed by atoms with E-state index < -0.39 is 0 Å². The minimum Gasteiger partial charge on any atom is -0.481 e. The van der Waals surface area contributed by atoms with Gasteiger partial charge in [0.05, 0.1) is 24.7 Å². The first-order chi connectivity index (χ1) is 7.20. The van der Waals surface area contributed by atoms with Gasteiger partial charge in [-0.25, -0.2) is 9.67 Å². The third-order valence-electron chi connectivity index (χ3n) is 2.18. The predicted octanol–water partition coefficient (Wildman–Crippen LogP) is 1.89. The first kappa shape index (κ1) is 9.71. The van der Waals surface area contributed by atoms with Gasteiger partial charge in [-0.2, -0.15) is 5.10 Å². The third-order valence-corrected chi connectivity index (χ3v) is 2.18. The van der Waals surface area contributed by atoms with Crippen LogP contribution in [0.25, 0.3) is 5.69 Å². The molecule has 0 aliphatic heterocycles. The smallest absolute Gasteiger partial charge is 0.213 e. The third kappa shape index (κ3) is 1.83.